The molecule has 4 rings (SSSR count). The van der Waals surface area contributed by atoms with Crippen LogP contribution in [0.5, 0.6) is 0 Å². The summed E-state index contributed by atoms with van der Waals surface area (Å²) in [5.74, 6) is 1.84. The second-order valence-corrected chi connectivity index (χ2v) is 7.05. The van der Waals surface area contributed by atoms with E-state index < -0.39 is 0 Å². The predicted octanol–water partition coefficient (Wildman–Crippen LogP) is 1.52. The number of carbonyl (C=O) groups excluding carboxylic acids is 1. The number of fused-ring (bicyclic) bond motifs is 1. The third-order valence-electron chi connectivity index (χ3n) is 4.57. The zero-order chi connectivity index (χ0) is 21.8. The normalized spacial score (nSPS) is 10.9. The summed E-state index contributed by atoms with van der Waals surface area (Å²) in [5.41, 5.74) is 8.03. The Balaban J connectivity index is 1.34. The van der Waals surface area contributed by atoms with Crippen molar-refractivity contribution >= 4 is 29.3 Å². The van der Waals surface area contributed by atoms with E-state index in [-0.39, 0.29) is 18.4 Å². The number of carbonyl (C=O) groups is 1. The Morgan fingerprint density at radius 1 is 1.13 bits per heavy atom. The molecule has 1 amide bonds. The zero-order valence-electron chi connectivity index (χ0n) is 17.2. The summed E-state index contributed by atoms with van der Waals surface area (Å²) in [7, 11) is 3.46. The van der Waals surface area contributed by atoms with Crippen molar-refractivity contribution in [3.8, 4) is 11.6 Å². The minimum atomic E-state index is 0.0217. The highest BCUT2D eigenvalue weighted by molar-refractivity contribution is 5.80. The average Bonchev–Trinajstić information content (AvgIpc) is 3.43. The number of amides is 1. The molecule has 0 saturated heterocycles. The van der Waals surface area contributed by atoms with Gasteiger partial charge < -0.3 is 25.7 Å². The van der Waals surface area contributed by atoms with Gasteiger partial charge in [-0.3, -0.25) is 4.79 Å². The Hall–Kier alpha value is -4.15. The van der Waals surface area contributed by atoms with Gasteiger partial charge in [0.25, 0.3) is 5.78 Å². The van der Waals surface area contributed by atoms with Crippen molar-refractivity contribution < 1.29 is 9.21 Å². The lowest BCUT2D eigenvalue weighted by Crippen LogP contribution is -2.28. The van der Waals surface area contributed by atoms with Crippen LogP contribution in [0.3, 0.4) is 0 Å². The minimum absolute atomic E-state index is 0.0217. The third-order valence-corrected chi connectivity index (χ3v) is 4.57. The van der Waals surface area contributed by atoms with Crippen molar-refractivity contribution in [2.24, 2.45) is 0 Å². The summed E-state index contributed by atoms with van der Waals surface area (Å²) in [6.45, 7) is 0.875. The Bertz CT molecular complexity index is 1170. The van der Waals surface area contributed by atoms with Crippen LogP contribution in [-0.4, -0.2) is 62.6 Å². The zero-order valence-corrected chi connectivity index (χ0v) is 17.2. The van der Waals surface area contributed by atoms with Crippen LogP contribution in [0, 0.1) is 0 Å². The van der Waals surface area contributed by atoms with Crippen molar-refractivity contribution in [1.82, 2.24) is 29.5 Å². The van der Waals surface area contributed by atoms with Crippen LogP contribution in [0.15, 0.2) is 47.1 Å². The topological polar surface area (TPSA) is 140 Å². The predicted molar refractivity (Wildman–Crippen MR) is 117 cm³/mol. The lowest BCUT2D eigenvalue weighted by atomic mass is 10.1. The highest BCUT2D eigenvalue weighted by Gasteiger charge is 2.13. The van der Waals surface area contributed by atoms with Crippen LogP contribution in [0.2, 0.25) is 0 Å². The molecule has 4 N–H and O–H groups in total. The summed E-state index contributed by atoms with van der Waals surface area (Å²) in [6, 6.07) is 11.4. The number of nitrogens with zero attached hydrogens (tertiary/aromatic N) is 6. The van der Waals surface area contributed by atoms with Gasteiger partial charge in [-0.15, -0.1) is 5.10 Å². The quantitative estimate of drug-likeness (QED) is 0.386. The van der Waals surface area contributed by atoms with Gasteiger partial charge in [0, 0.05) is 26.3 Å². The number of hydrogen-bond acceptors (Lipinski definition) is 9. The van der Waals surface area contributed by atoms with Gasteiger partial charge in [0.05, 0.1) is 12.8 Å². The van der Waals surface area contributed by atoms with Gasteiger partial charge in [-0.05, 0) is 36.2 Å². The van der Waals surface area contributed by atoms with Gasteiger partial charge in [-0.1, -0.05) is 12.1 Å². The monoisotopic (exact) mass is 421 g/mol. The van der Waals surface area contributed by atoms with Gasteiger partial charge in [0.15, 0.2) is 5.76 Å². The van der Waals surface area contributed by atoms with Gasteiger partial charge in [-0.2, -0.15) is 19.5 Å². The summed E-state index contributed by atoms with van der Waals surface area (Å²) >= 11 is 0. The van der Waals surface area contributed by atoms with E-state index in [4.69, 9.17) is 10.2 Å². The molecule has 11 nitrogen and oxygen atoms in total. The van der Waals surface area contributed by atoms with E-state index in [0.717, 1.165) is 17.7 Å². The molecule has 0 saturated carbocycles. The number of hydrogen-bond donors (Lipinski definition) is 3. The maximum absolute atomic E-state index is 11.6. The van der Waals surface area contributed by atoms with E-state index in [0.29, 0.717) is 29.9 Å². The first-order valence-corrected chi connectivity index (χ1v) is 9.70. The first kappa shape index (κ1) is 20.1. The number of likely N-dealkylation sites (N-methyl/N-ethyl adjacent to an activating group) is 1. The lowest BCUT2D eigenvalue weighted by molar-refractivity contribution is -0.126. The van der Waals surface area contributed by atoms with Crippen molar-refractivity contribution in [2.45, 2.75) is 6.42 Å². The number of benzene rings is 1. The van der Waals surface area contributed by atoms with Crippen LogP contribution in [-0.2, 0) is 11.2 Å². The molecule has 0 radical (unpaired) electrons. The standard InChI is InChI=1S/C20H23N9O2/c1-28(2)16(30)12-23-14-7-5-13(6-8-14)9-10-22-19-25-18(21)29-20(26-19)24-17(27-29)15-4-3-11-31-15/h3-8,11,23H,9-10,12H2,1-2H3,(H3,21,22,24,25,26,27). The van der Waals surface area contributed by atoms with Crippen molar-refractivity contribution in [2.75, 3.05) is 43.6 Å². The molecule has 4 aromatic rings. The molecule has 3 aromatic heterocycles. The maximum Gasteiger partial charge on any atom is 0.259 e. The highest BCUT2D eigenvalue weighted by Crippen LogP contribution is 2.17. The largest absolute Gasteiger partial charge is 0.461 e. The molecule has 1 aromatic carbocycles. The Morgan fingerprint density at radius 3 is 2.65 bits per heavy atom. The fourth-order valence-electron chi connectivity index (χ4n) is 2.84. The lowest BCUT2D eigenvalue weighted by Gasteiger charge is -2.12. The van der Waals surface area contributed by atoms with Crippen molar-refractivity contribution in [3.05, 3.63) is 48.2 Å². The fourth-order valence-corrected chi connectivity index (χ4v) is 2.84. The van der Waals surface area contributed by atoms with Crippen molar-refractivity contribution in [3.63, 3.8) is 0 Å². The number of rotatable bonds is 8. The molecular formula is C20H23N9O2. The molecule has 11 heteroatoms. The number of nitrogen functional groups attached to an aromatic ring is 1. The van der Waals surface area contributed by atoms with Gasteiger partial charge in [-0.25, -0.2) is 0 Å². The smallest absolute Gasteiger partial charge is 0.259 e. The first-order valence-electron chi connectivity index (χ1n) is 9.70. The fraction of sp³-hybridized carbons (Fsp3) is 0.250. The van der Waals surface area contributed by atoms with Crippen LogP contribution in [0.4, 0.5) is 17.6 Å². The molecule has 0 aliphatic rings. The summed E-state index contributed by atoms with van der Waals surface area (Å²) < 4.78 is 6.68. The second-order valence-electron chi connectivity index (χ2n) is 7.05. The van der Waals surface area contributed by atoms with E-state index in [9.17, 15) is 4.79 Å². The number of nitrogens with one attached hydrogen (secondary N) is 2. The molecule has 0 bridgehead atoms. The molecule has 0 atom stereocenters. The molecule has 0 spiro atoms. The molecule has 160 valence electrons. The van der Waals surface area contributed by atoms with Gasteiger partial charge in [0.2, 0.25) is 23.6 Å². The second kappa shape index (κ2) is 8.69. The van der Waals surface area contributed by atoms with Crippen LogP contribution >= 0.6 is 0 Å². The summed E-state index contributed by atoms with van der Waals surface area (Å²) in [5, 5.41) is 10.5. The van der Waals surface area contributed by atoms with Crippen LogP contribution in [0.25, 0.3) is 17.4 Å². The van der Waals surface area contributed by atoms with Crippen molar-refractivity contribution in [1.29, 1.82) is 0 Å². The van der Waals surface area contributed by atoms with Gasteiger partial charge >= 0.3 is 0 Å². The first-order chi connectivity index (χ1) is 15.0. The highest BCUT2D eigenvalue weighted by atomic mass is 16.3. The molecule has 0 aliphatic heterocycles. The van der Waals surface area contributed by atoms with Gasteiger partial charge in [0.1, 0.15) is 0 Å². The minimum Gasteiger partial charge on any atom is -0.461 e. The molecule has 31 heavy (non-hydrogen) atoms. The molecule has 0 aliphatic carbocycles. The average molecular weight is 421 g/mol. The molecular weight excluding hydrogens is 398 g/mol. The molecule has 0 unspecified atom stereocenters. The number of aromatic nitrogens is 5. The Morgan fingerprint density at radius 2 is 1.94 bits per heavy atom. The van der Waals surface area contributed by atoms with E-state index in [1.165, 1.54) is 4.52 Å². The number of nitrogens with two attached hydrogens (primary N) is 1. The number of furan rings is 1. The molecule has 3 heterocycles. The van der Waals surface area contributed by atoms with E-state index in [2.05, 4.69) is 30.7 Å². The van der Waals surface area contributed by atoms with E-state index in [1.54, 1.807) is 37.4 Å². The summed E-state index contributed by atoms with van der Waals surface area (Å²) in [4.78, 5) is 26.1. The van der Waals surface area contributed by atoms with Crippen LogP contribution < -0.4 is 16.4 Å². The SMILES string of the molecule is CN(C)C(=O)CNc1ccc(CCNc2nc(N)n3nc(-c4ccco4)nc3n2)cc1. The maximum atomic E-state index is 11.6. The number of anilines is 3. The van der Waals surface area contributed by atoms with Crippen LogP contribution in [0.1, 0.15) is 5.56 Å². The van der Waals surface area contributed by atoms with E-state index in [1.807, 2.05) is 24.3 Å². The third kappa shape index (κ3) is 4.71. The Kier molecular flexibility index (Phi) is 5.65. The molecule has 0 fully saturated rings. The summed E-state index contributed by atoms with van der Waals surface area (Å²) in [6.07, 6.45) is 2.31. The Labute approximate surface area is 178 Å². The van der Waals surface area contributed by atoms with E-state index >= 15 is 0 Å².